The van der Waals surface area contributed by atoms with Crippen LogP contribution in [-0.2, 0) is 0 Å². The third-order valence-electron chi connectivity index (χ3n) is 3.39. The highest BCUT2D eigenvalue weighted by Crippen LogP contribution is 2.21. The Balaban J connectivity index is 2.16. The largest absolute Gasteiger partial charge is 0.459 e. The van der Waals surface area contributed by atoms with Gasteiger partial charge in [-0.1, -0.05) is 12.1 Å². The third kappa shape index (κ3) is 4.20. The minimum Gasteiger partial charge on any atom is -0.459 e. The lowest BCUT2D eigenvalue weighted by atomic mass is 10.1. The maximum atomic E-state index is 12.4. The Morgan fingerprint density at radius 1 is 1.26 bits per heavy atom. The fraction of sp³-hybridized carbons (Fsp3) is 0.294. The lowest BCUT2D eigenvalue weighted by Gasteiger charge is -2.19. The van der Waals surface area contributed by atoms with Gasteiger partial charge in [0.25, 0.3) is 11.8 Å². The fourth-order valence-electron chi connectivity index (χ4n) is 2.12. The van der Waals surface area contributed by atoms with Crippen LogP contribution in [0.4, 0.5) is 5.69 Å². The molecule has 0 aliphatic heterocycles. The van der Waals surface area contributed by atoms with Gasteiger partial charge in [-0.15, -0.1) is 0 Å². The number of hydrogen-bond acceptors (Lipinski definition) is 4. The Kier molecular flexibility index (Phi) is 5.54. The molecule has 0 saturated heterocycles. The molecule has 1 aromatic heterocycles. The van der Waals surface area contributed by atoms with E-state index >= 15 is 0 Å². The van der Waals surface area contributed by atoms with E-state index in [0.29, 0.717) is 24.2 Å². The fourth-order valence-corrected chi connectivity index (χ4v) is 2.12. The van der Waals surface area contributed by atoms with Crippen LogP contribution in [0.15, 0.2) is 47.1 Å². The first-order valence-corrected chi connectivity index (χ1v) is 7.37. The molecule has 2 amide bonds. The molecular weight excluding hydrogens is 296 g/mol. The van der Waals surface area contributed by atoms with Crippen molar-refractivity contribution in [3.05, 3.63) is 54.0 Å². The van der Waals surface area contributed by atoms with Crippen molar-refractivity contribution < 1.29 is 19.1 Å². The van der Waals surface area contributed by atoms with Crippen LogP contribution in [0.2, 0.25) is 0 Å². The summed E-state index contributed by atoms with van der Waals surface area (Å²) in [5.74, 6) is -0.420. The first-order chi connectivity index (χ1) is 11.0. The number of furan rings is 1. The van der Waals surface area contributed by atoms with Gasteiger partial charge >= 0.3 is 0 Å². The molecule has 0 fully saturated rings. The van der Waals surface area contributed by atoms with Crippen molar-refractivity contribution in [2.45, 2.75) is 19.4 Å². The minimum atomic E-state index is -0.478. The molecule has 6 heteroatoms. The lowest BCUT2D eigenvalue weighted by Crippen LogP contribution is -2.31. The normalized spacial score (nSPS) is 11.8. The van der Waals surface area contributed by atoms with Crippen LogP contribution in [0.1, 0.15) is 34.3 Å². The van der Waals surface area contributed by atoms with Crippen molar-refractivity contribution in [1.29, 1.82) is 0 Å². The van der Waals surface area contributed by atoms with E-state index < -0.39 is 6.10 Å². The molecule has 2 N–H and O–H groups in total. The van der Waals surface area contributed by atoms with E-state index in [-0.39, 0.29) is 17.6 Å². The van der Waals surface area contributed by atoms with Crippen molar-refractivity contribution >= 4 is 17.5 Å². The highest BCUT2D eigenvalue weighted by Gasteiger charge is 2.21. The van der Waals surface area contributed by atoms with E-state index in [1.165, 1.54) is 11.2 Å². The molecule has 1 heterocycles. The molecule has 2 rings (SSSR count). The van der Waals surface area contributed by atoms with E-state index in [1.54, 1.807) is 50.4 Å². The number of aliphatic hydroxyl groups excluding tert-OH is 1. The lowest BCUT2D eigenvalue weighted by molar-refractivity contribution is 0.0946. The van der Waals surface area contributed by atoms with Gasteiger partial charge in [-0.2, -0.15) is 0 Å². The summed E-state index contributed by atoms with van der Waals surface area (Å²) in [6, 6.07) is 10.1. The number of hydrogen-bond donors (Lipinski definition) is 2. The SMILES string of the molecule is CC(O)CCNC(=O)c1ccccc1N(C)C(=O)c1ccco1. The van der Waals surface area contributed by atoms with Gasteiger partial charge in [0.1, 0.15) is 0 Å². The number of anilines is 1. The number of para-hydroxylation sites is 1. The average molecular weight is 316 g/mol. The van der Waals surface area contributed by atoms with Crippen LogP contribution in [0.3, 0.4) is 0 Å². The Hall–Kier alpha value is -2.60. The topological polar surface area (TPSA) is 82.8 Å². The second-order valence-electron chi connectivity index (χ2n) is 5.25. The Morgan fingerprint density at radius 3 is 2.65 bits per heavy atom. The van der Waals surface area contributed by atoms with Crippen molar-refractivity contribution in [3.63, 3.8) is 0 Å². The molecule has 1 aromatic carbocycles. The van der Waals surface area contributed by atoms with Crippen LogP contribution in [0.25, 0.3) is 0 Å². The second-order valence-corrected chi connectivity index (χ2v) is 5.25. The molecule has 0 saturated carbocycles. The number of carbonyl (C=O) groups is 2. The van der Waals surface area contributed by atoms with Gasteiger partial charge in [-0.05, 0) is 37.6 Å². The highest BCUT2D eigenvalue weighted by molar-refractivity contribution is 6.09. The molecule has 0 bridgehead atoms. The average Bonchev–Trinajstić information content (AvgIpc) is 3.07. The van der Waals surface area contributed by atoms with Crippen molar-refractivity contribution in [2.75, 3.05) is 18.5 Å². The second kappa shape index (κ2) is 7.60. The van der Waals surface area contributed by atoms with Crippen LogP contribution < -0.4 is 10.2 Å². The van der Waals surface area contributed by atoms with Crippen molar-refractivity contribution in [1.82, 2.24) is 5.32 Å². The van der Waals surface area contributed by atoms with E-state index in [9.17, 15) is 14.7 Å². The molecule has 1 atom stereocenters. The van der Waals surface area contributed by atoms with Crippen molar-refractivity contribution in [2.24, 2.45) is 0 Å². The summed E-state index contributed by atoms with van der Waals surface area (Å²) in [5.41, 5.74) is 0.879. The molecule has 0 radical (unpaired) electrons. The summed E-state index contributed by atoms with van der Waals surface area (Å²) < 4.78 is 5.11. The zero-order chi connectivity index (χ0) is 16.8. The predicted molar refractivity (Wildman–Crippen MR) is 86.5 cm³/mol. The maximum absolute atomic E-state index is 12.4. The number of rotatable bonds is 6. The molecule has 1 unspecified atom stereocenters. The predicted octanol–water partition coefficient (Wildman–Crippen LogP) is 2.06. The molecule has 2 aromatic rings. The standard InChI is InChI=1S/C17H20N2O4/c1-12(20)9-10-18-16(21)13-6-3-4-7-14(13)19(2)17(22)15-8-5-11-23-15/h3-8,11-12,20H,9-10H2,1-2H3,(H,18,21). The number of benzene rings is 1. The number of amides is 2. The third-order valence-corrected chi connectivity index (χ3v) is 3.39. The van der Waals surface area contributed by atoms with Gasteiger partial charge in [-0.3, -0.25) is 9.59 Å². The van der Waals surface area contributed by atoms with E-state index in [4.69, 9.17) is 4.42 Å². The summed E-state index contributed by atoms with van der Waals surface area (Å²) in [6.45, 7) is 2.02. The number of carbonyl (C=O) groups excluding carboxylic acids is 2. The van der Waals surface area contributed by atoms with E-state index in [2.05, 4.69) is 5.32 Å². The quantitative estimate of drug-likeness (QED) is 0.854. The van der Waals surface area contributed by atoms with Gasteiger partial charge in [0.2, 0.25) is 0 Å². The molecule has 6 nitrogen and oxygen atoms in total. The first-order valence-electron chi connectivity index (χ1n) is 7.37. The summed E-state index contributed by atoms with van der Waals surface area (Å²) in [4.78, 5) is 26.0. The summed E-state index contributed by atoms with van der Waals surface area (Å²) >= 11 is 0. The van der Waals surface area contributed by atoms with Crippen molar-refractivity contribution in [3.8, 4) is 0 Å². The first kappa shape index (κ1) is 16.8. The molecule has 0 aliphatic carbocycles. The van der Waals surface area contributed by atoms with Crippen LogP contribution in [0, 0.1) is 0 Å². The Labute approximate surface area is 134 Å². The summed E-state index contributed by atoms with van der Waals surface area (Å²) in [6.07, 6.45) is 1.42. The molecule has 0 aliphatic rings. The molecule has 122 valence electrons. The van der Waals surface area contributed by atoms with Gasteiger partial charge < -0.3 is 19.7 Å². The zero-order valence-electron chi connectivity index (χ0n) is 13.2. The van der Waals surface area contributed by atoms with E-state index in [1.807, 2.05) is 0 Å². The monoisotopic (exact) mass is 316 g/mol. The van der Waals surface area contributed by atoms with Gasteiger partial charge in [0.15, 0.2) is 5.76 Å². The highest BCUT2D eigenvalue weighted by atomic mass is 16.3. The van der Waals surface area contributed by atoms with Gasteiger partial charge in [0.05, 0.1) is 23.6 Å². The van der Waals surface area contributed by atoms with Crippen LogP contribution in [0.5, 0.6) is 0 Å². The Morgan fingerprint density at radius 2 is 2.00 bits per heavy atom. The Bertz CT molecular complexity index is 665. The number of nitrogens with one attached hydrogen (secondary N) is 1. The number of aliphatic hydroxyl groups is 1. The molecule has 0 spiro atoms. The molecular formula is C17H20N2O4. The summed E-state index contributed by atoms with van der Waals surface area (Å²) in [7, 11) is 1.59. The number of nitrogens with zero attached hydrogens (tertiary/aromatic N) is 1. The van der Waals surface area contributed by atoms with Crippen LogP contribution >= 0.6 is 0 Å². The minimum absolute atomic E-state index is 0.205. The summed E-state index contributed by atoms with van der Waals surface area (Å²) in [5, 5.41) is 12.0. The zero-order valence-corrected chi connectivity index (χ0v) is 13.2. The van der Waals surface area contributed by atoms with Gasteiger partial charge in [0, 0.05) is 13.6 Å². The molecule has 23 heavy (non-hydrogen) atoms. The van der Waals surface area contributed by atoms with Gasteiger partial charge in [-0.25, -0.2) is 0 Å². The smallest absolute Gasteiger partial charge is 0.293 e. The van der Waals surface area contributed by atoms with Crippen LogP contribution in [-0.4, -0.2) is 36.6 Å². The maximum Gasteiger partial charge on any atom is 0.293 e. The van der Waals surface area contributed by atoms with E-state index in [0.717, 1.165) is 0 Å².